The molecule has 2 rings (SSSR count). The zero-order valence-electron chi connectivity index (χ0n) is 4.57. The van der Waals surface area contributed by atoms with Crippen LogP contribution in [0.25, 0.3) is 0 Å². The molecule has 2 heteroatoms. The van der Waals surface area contributed by atoms with Crippen molar-refractivity contribution >= 4 is 0 Å². The highest BCUT2D eigenvalue weighted by molar-refractivity contribution is 5.33. The normalized spacial score (nSPS) is 23.0. The van der Waals surface area contributed by atoms with E-state index >= 15 is 0 Å². The first kappa shape index (κ1) is 4.01. The van der Waals surface area contributed by atoms with Gasteiger partial charge in [-0.05, 0) is 6.08 Å². The summed E-state index contributed by atoms with van der Waals surface area (Å²) in [7, 11) is 0. The maximum absolute atomic E-state index is 3.22. The van der Waals surface area contributed by atoms with Crippen LogP contribution in [0.15, 0.2) is 23.5 Å². The molecule has 1 aliphatic carbocycles. The predicted molar refractivity (Wildman–Crippen MR) is 31.9 cm³/mol. The molecule has 0 aromatic rings. The van der Waals surface area contributed by atoms with Crippen molar-refractivity contribution in [3.05, 3.63) is 23.5 Å². The average Bonchev–Trinajstić information content (AvgIpc) is 2.15. The minimum Gasteiger partial charge on any atom is -0.369 e. The summed E-state index contributed by atoms with van der Waals surface area (Å²) >= 11 is 0. The van der Waals surface area contributed by atoms with Crippen molar-refractivity contribution in [3.63, 3.8) is 0 Å². The highest BCUT2D eigenvalue weighted by atomic mass is 15.1. The molecule has 1 heterocycles. The second-order valence-electron chi connectivity index (χ2n) is 2.03. The highest BCUT2D eigenvalue weighted by Crippen LogP contribution is 2.16. The van der Waals surface area contributed by atoms with Crippen molar-refractivity contribution < 1.29 is 0 Å². The summed E-state index contributed by atoms with van der Waals surface area (Å²) in [5.74, 6) is 0. The highest BCUT2D eigenvalue weighted by Gasteiger charge is 2.12. The summed E-state index contributed by atoms with van der Waals surface area (Å²) < 4.78 is 0. The van der Waals surface area contributed by atoms with Gasteiger partial charge in [-0.15, -0.1) is 0 Å². The van der Waals surface area contributed by atoms with Crippen LogP contribution in [0.5, 0.6) is 0 Å². The first-order valence-electron chi connectivity index (χ1n) is 2.84. The van der Waals surface area contributed by atoms with E-state index in [1.807, 2.05) is 0 Å². The van der Waals surface area contributed by atoms with Crippen LogP contribution in [0.2, 0.25) is 0 Å². The minimum absolute atomic E-state index is 0.912. The van der Waals surface area contributed by atoms with Crippen LogP contribution in [0.1, 0.15) is 6.42 Å². The lowest BCUT2D eigenvalue weighted by molar-refractivity contribution is 0.790. The zero-order chi connectivity index (χ0) is 5.40. The molecule has 0 amide bonds. The molecular weight excluding hydrogens is 100 g/mol. The maximum atomic E-state index is 3.22. The fourth-order valence-electron chi connectivity index (χ4n) is 1.08. The standard InChI is InChI=1S/C6H8N2/c1-2-5-6(3-1)8-4-7-5/h1-2,7-8H,3-4H2. The lowest BCUT2D eigenvalue weighted by Gasteiger charge is -1.93. The van der Waals surface area contributed by atoms with Gasteiger partial charge in [0.05, 0.1) is 12.4 Å². The summed E-state index contributed by atoms with van der Waals surface area (Å²) in [6.07, 6.45) is 5.36. The van der Waals surface area contributed by atoms with Crippen molar-refractivity contribution in [2.75, 3.05) is 6.67 Å². The van der Waals surface area contributed by atoms with E-state index in [0.717, 1.165) is 13.1 Å². The number of hydrogen-bond acceptors (Lipinski definition) is 2. The molecule has 2 aliphatic rings. The molecule has 0 aromatic carbocycles. The second-order valence-corrected chi connectivity index (χ2v) is 2.03. The molecule has 0 saturated heterocycles. The SMILES string of the molecule is C1=CC2=C(C1)NCN2. The molecule has 42 valence electrons. The Kier molecular flexibility index (Phi) is 0.640. The Morgan fingerprint density at radius 3 is 3.25 bits per heavy atom. The maximum Gasteiger partial charge on any atom is 0.0848 e. The van der Waals surface area contributed by atoms with Crippen LogP contribution in [0.3, 0.4) is 0 Å². The van der Waals surface area contributed by atoms with Gasteiger partial charge in [-0.3, -0.25) is 0 Å². The van der Waals surface area contributed by atoms with Crippen molar-refractivity contribution in [2.45, 2.75) is 6.42 Å². The number of nitrogens with one attached hydrogen (secondary N) is 2. The van der Waals surface area contributed by atoms with Gasteiger partial charge < -0.3 is 10.6 Å². The predicted octanol–water partition coefficient (Wildman–Crippen LogP) is 0.308. The summed E-state index contributed by atoms with van der Waals surface area (Å²) in [6, 6.07) is 0. The van der Waals surface area contributed by atoms with Gasteiger partial charge in [-0.25, -0.2) is 0 Å². The van der Waals surface area contributed by atoms with Crippen LogP contribution in [0, 0.1) is 0 Å². The summed E-state index contributed by atoms with van der Waals surface area (Å²) in [5.41, 5.74) is 2.63. The molecule has 1 aliphatic heterocycles. The zero-order valence-corrected chi connectivity index (χ0v) is 4.57. The molecule has 0 bridgehead atoms. The minimum atomic E-state index is 0.912. The molecule has 0 fully saturated rings. The Bertz CT molecular complexity index is 167. The lowest BCUT2D eigenvalue weighted by Crippen LogP contribution is -2.15. The Balaban J connectivity index is 2.33. The topological polar surface area (TPSA) is 24.1 Å². The summed E-state index contributed by atoms with van der Waals surface area (Å²) in [4.78, 5) is 0. The Labute approximate surface area is 48.3 Å². The fourth-order valence-corrected chi connectivity index (χ4v) is 1.08. The second kappa shape index (κ2) is 1.28. The fraction of sp³-hybridized carbons (Fsp3) is 0.333. The number of allylic oxidation sites excluding steroid dienone is 2. The molecule has 0 unspecified atom stereocenters. The summed E-state index contributed by atoms with van der Waals surface area (Å²) in [6.45, 7) is 0.912. The first-order chi connectivity index (χ1) is 3.97. The van der Waals surface area contributed by atoms with E-state index in [-0.39, 0.29) is 0 Å². The monoisotopic (exact) mass is 108 g/mol. The van der Waals surface area contributed by atoms with Crippen LogP contribution in [-0.2, 0) is 0 Å². The van der Waals surface area contributed by atoms with Crippen molar-refractivity contribution in [1.82, 2.24) is 10.6 Å². The van der Waals surface area contributed by atoms with E-state index in [9.17, 15) is 0 Å². The van der Waals surface area contributed by atoms with Crippen LogP contribution < -0.4 is 10.6 Å². The Morgan fingerprint density at radius 1 is 1.38 bits per heavy atom. The molecule has 2 nitrogen and oxygen atoms in total. The van der Waals surface area contributed by atoms with Crippen molar-refractivity contribution in [1.29, 1.82) is 0 Å². The largest absolute Gasteiger partial charge is 0.369 e. The van der Waals surface area contributed by atoms with Gasteiger partial charge in [0.15, 0.2) is 0 Å². The van der Waals surface area contributed by atoms with E-state index in [1.165, 1.54) is 11.4 Å². The van der Waals surface area contributed by atoms with Gasteiger partial charge in [0, 0.05) is 12.1 Å². The quantitative estimate of drug-likeness (QED) is 0.466. The van der Waals surface area contributed by atoms with Crippen LogP contribution in [-0.4, -0.2) is 6.67 Å². The van der Waals surface area contributed by atoms with Crippen molar-refractivity contribution in [2.24, 2.45) is 0 Å². The van der Waals surface area contributed by atoms with E-state index in [4.69, 9.17) is 0 Å². The Morgan fingerprint density at radius 2 is 2.38 bits per heavy atom. The van der Waals surface area contributed by atoms with Crippen LogP contribution >= 0.6 is 0 Å². The average molecular weight is 108 g/mol. The molecule has 0 atom stereocenters. The molecule has 0 spiro atoms. The van der Waals surface area contributed by atoms with Gasteiger partial charge in [0.1, 0.15) is 0 Å². The van der Waals surface area contributed by atoms with Gasteiger partial charge >= 0.3 is 0 Å². The third-order valence-electron chi connectivity index (χ3n) is 1.51. The third kappa shape index (κ3) is 0.372. The van der Waals surface area contributed by atoms with E-state index in [0.29, 0.717) is 0 Å². The molecule has 8 heavy (non-hydrogen) atoms. The summed E-state index contributed by atoms with van der Waals surface area (Å²) in [5, 5.41) is 6.42. The molecule has 0 radical (unpaired) electrons. The van der Waals surface area contributed by atoms with E-state index in [2.05, 4.69) is 22.8 Å². The lowest BCUT2D eigenvalue weighted by atomic mass is 10.4. The van der Waals surface area contributed by atoms with Gasteiger partial charge in [-0.2, -0.15) is 0 Å². The van der Waals surface area contributed by atoms with Crippen molar-refractivity contribution in [3.8, 4) is 0 Å². The molecule has 0 saturated carbocycles. The van der Waals surface area contributed by atoms with E-state index < -0.39 is 0 Å². The van der Waals surface area contributed by atoms with Crippen LogP contribution in [0.4, 0.5) is 0 Å². The first-order valence-corrected chi connectivity index (χ1v) is 2.84. The van der Waals surface area contributed by atoms with Gasteiger partial charge in [-0.1, -0.05) is 6.08 Å². The van der Waals surface area contributed by atoms with Gasteiger partial charge in [0.25, 0.3) is 0 Å². The van der Waals surface area contributed by atoms with E-state index in [1.54, 1.807) is 0 Å². The van der Waals surface area contributed by atoms with Gasteiger partial charge in [0.2, 0.25) is 0 Å². The smallest absolute Gasteiger partial charge is 0.0848 e. The molecule has 0 aromatic heterocycles. The Hall–Kier alpha value is -0.920. The molecular formula is C6H8N2. The third-order valence-corrected chi connectivity index (χ3v) is 1.51. The number of rotatable bonds is 0. The number of hydrogen-bond donors (Lipinski definition) is 2. The molecule has 2 N–H and O–H groups in total.